The van der Waals surface area contributed by atoms with E-state index in [1.807, 2.05) is 30.3 Å². The molecule has 8 aromatic carbocycles. The molecule has 11 aromatic rings. The van der Waals surface area contributed by atoms with Crippen LogP contribution in [0, 0.1) is 22.7 Å². The predicted octanol–water partition coefficient (Wildman–Crippen LogP) is 13.1. The summed E-state index contributed by atoms with van der Waals surface area (Å²) < 4.78 is 4.74. The molecule has 0 amide bonds. The van der Waals surface area contributed by atoms with E-state index < -0.39 is 0 Å². The molecular weight excluding hydrogens is 733 g/mol. The van der Waals surface area contributed by atoms with Crippen LogP contribution in [0.5, 0.6) is 0 Å². The maximum Gasteiger partial charge on any atom is 0.160 e. The molecule has 0 unspecified atom stereocenters. The third-order valence-corrected chi connectivity index (χ3v) is 11.4. The van der Waals surface area contributed by atoms with Crippen LogP contribution in [0.3, 0.4) is 0 Å². The van der Waals surface area contributed by atoms with Crippen molar-refractivity contribution >= 4 is 43.6 Å². The molecule has 0 bridgehead atoms. The Bertz CT molecular complexity index is 3400. The van der Waals surface area contributed by atoms with E-state index in [4.69, 9.17) is 9.97 Å². The monoisotopic (exact) mass is 764 g/mol. The molecule has 60 heavy (non-hydrogen) atoms. The first kappa shape index (κ1) is 34.7. The molecule has 0 spiro atoms. The Hall–Kier alpha value is -8.58. The van der Waals surface area contributed by atoms with Crippen LogP contribution < -0.4 is 0 Å². The van der Waals surface area contributed by atoms with Crippen molar-refractivity contribution < 1.29 is 0 Å². The first-order valence-corrected chi connectivity index (χ1v) is 19.8. The second kappa shape index (κ2) is 14.1. The Morgan fingerprint density at radius 1 is 0.333 bits per heavy atom. The first-order valence-electron chi connectivity index (χ1n) is 19.8. The first-order chi connectivity index (χ1) is 29.6. The van der Waals surface area contributed by atoms with Crippen LogP contribution in [0.25, 0.3) is 100 Å². The minimum absolute atomic E-state index is 0.559. The van der Waals surface area contributed by atoms with Gasteiger partial charge in [0.15, 0.2) is 5.82 Å². The maximum atomic E-state index is 9.35. The number of aromatic nitrogens is 4. The van der Waals surface area contributed by atoms with Gasteiger partial charge in [-0.1, -0.05) is 103 Å². The van der Waals surface area contributed by atoms with Gasteiger partial charge in [-0.15, -0.1) is 0 Å². The zero-order valence-corrected chi connectivity index (χ0v) is 32.2. The Labute approximate surface area is 345 Å². The van der Waals surface area contributed by atoms with Crippen LogP contribution in [0.4, 0.5) is 0 Å². The van der Waals surface area contributed by atoms with E-state index in [1.54, 1.807) is 24.3 Å². The van der Waals surface area contributed by atoms with E-state index in [0.29, 0.717) is 17.0 Å². The summed E-state index contributed by atoms with van der Waals surface area (Å²) in [5, 5.41) is 23.6. The lowest BCUT2D eigenvalue weighted by molar-refractivity contribution is 1.17. The normalized spacial score (nSPS) is 11.3. The van der Waals surface area contributed by atoms with E-state index in [2.05, 4.69) is 161 Å². The van der Waals surface area contributed by atoms with Crippen molar-refractivity contribution in [3.8, 4) is 68.5 Å². The van der Waals surface area contributed by atoms with Gasteiger partial charge >= 0.3 is 0 Å². The van der Waals surface area contributed by atoms with Crippen LogP contribution in [0.2, 0.25) is 0 Å². The van der Waals surface area contributed by atoms with Crippen molar-refractivity contribution in [1.82, 2.24) is 19.1 Å². The van der Waals surface area contributed by atoms with E-state index >= 15 is 0 Å². The molecule has 0 aliphatic carbocycles. The molecule has 0 fully saturated rings. The standard InChI is InChI=1S/C54H32N6/c55-33-35-13-17-39(18-14-35)48-32-49(58-54(57-48)41-19-15-36(34-56)16-20-41)40-23-21-37(22-24-40)38-25-27-42(28-26-38)59-52-12-6-3-9-46(52)47-31-43(29-30-53(47)59)60-50-10-4-1-7-44(50)45-8-2-5-11-51(45)60/h1-32H. The quantitative estimate of drug-likeness (QED) is 0.169. The Balaban J connectivity index is 0.943. The van der Waals surface area contributed by atoms with Gasteiger partial charge in [-0.25, -0.2) is 9.97 Å². The summed E-state index contributed by atoms with van der Waals surface area (Å²) in [5.74, 6) is 0.559. The molecule has 11 rings (SSSR count). The molecule has 0 saturated heterocycles. The molecule has 3 heterocycles. The molecule has 6 heteroatoms. The van der Waals surface area contributed by atoms with Crippen LogP contribution in [0.15, 0.2) is 194 Å². The molecule has 6 nitrogen and oxygen atoms in total. The molecule has 0 atom stereocenters. The lowest BCUT2D eigenvalue weighted by Gasteiger charge is -2.12. The Morgan fingerprint density at radius 2 is 0.717 bits per heavy atom. The van der Waals surface area contributed by atoms with Gasteiger partial charge in [0.2, 0.25) is 0 Å². The van der Waals surface area contributed by atoms with Gasteiger partial charge in [0.1, 0.15) is 0 Å². The number of para-hydroxylation sites is 3. The summed E-state index contributed by atoms with van der Waals surface area (Å²) in [6.07, 6.45) is 0. The number of nitrogens with zero attached hydrogens (tertiary/aromatic N) is 6. The van der Waals surface area contributed by atoms with Gasteiger partial charge < -0.3 is 9.13 Å². The van der Waals surface area contributed by atoms with Gasteiger partial charge in [-0.3, -0.25) is 0 Å². The molecule has 0 N–H and O–H groups in total. The average molecular weight is 765 g/mol. The highest BCUT2D eigenvalue weighted by Gasteiger charge is 2.17. The van der Waals surface area contributed by atoms with Crippen LogP contribution in [-0.2, 0) is 0 Å². The summed E-state index contributed by atoms with van der Waals surface area (Å²) in [4.78, 5) is 9.88. The third kappa shape index (κ3) is 5.79. The van der Waals surface area contributed by atoms with Crippen molar-refractivity contribution in [2.45, 2.75) is 0 Å². The number of benzene rings is 8. The number of hydrogen-bond acceptors (Lipinski definition) is 4. The third-order valence-electron chi connectivity index (χ3n) is 11.4. The highest BCUT2D eigenvalue weighted by Crippen LogP contribution is 2.37. The molecule has 278 valence electrons. The lowest BCUT2D eigenvalue weighted by atomic mass is 10.0. The SMILES string of the molecule is N#Cc1ccc(-c2cc(-c3ccc(-c4ccc(-n5c6ccccc6c6cc(-n7c8ccccc8c8ccccc87)ccc65)cc4)cc3)nc(-c3ccc(C#N)cc3)n2)cc1. The van der Waals surface area contributed by atoms with E-state index in [1.165, 1.54) is 32.6 Å². The summed E-state index contributed by atoms with van der Waals surface area (Å²) in [6, 6.07) is 71.1. The highest BCUT2D eigenvalue weighted by atomic mass is 15.0. The largest absolute Gasteiger partial charge is 0.309 e. The molecule has 0 radical (unpaired) electrons. The van der Waals surface area contributed by atoms with Crippen LogP contribution >= 0.6 is 0 Å². The smallest absolute Gasteiger partial charge is 0.160 e. The zero-order valence-electron chi connectivity index (χ0n) is 32.2. The second-order valence-corrected chi connectivity index (χ2v) is 14.9. The zero-order chi connectivity index (χ0) is 40.2. The highest BCUT2D eigenvalue weighted by molar-refractivity contribution is 6.12. The number of nitriles is 2. The van der Waals surface area contributed by atoms with Gasteiger partial charge in [0, 0.05) is 49.6 Å². The minimum Gasteiger partial charge on any atom is -0.309 e. The van der Waals surface area contributed by atoms with Crippen LogP contribution in [0.1, 0.15) is 11.1 Å². The van der Waals surface area contributed by atoms with Crippen molar-refractivity contribution in [2.75, 3.05) is 0 Å². The molecular formula is C54H32N6. The Morgan fingerprint density at radius 3 is 1.23 bits per heavy atom. The van der Waals surface area contributed by atoms with Crippen LogP contribution in [-0.4, -0.2) is 19.1 Å². The summed E-state index contributed by atoms with van der Waals surface area (Å²) in [6.45, 7) is 0. The predicted molar refractivity (Wildman–Crippen MR) is 242 cm³/mol. The molecule has 0 aliphatic rings. The minimum atomic E-state index is 0.559. The fourth-order valence-corrected chi connectivity index (χ4v) is 8.50. The van der Waals surface area contributed by atoms with Gasteiger partial charge in [-0.2, -0.15) is 10.5 Å². The summed E-state index contributed by atoms with van der Waals surface area (Å²) in [7, 11) is 0. The van der Waals surface area contributed by atoms with E-state index in [-0.39, 0.29) is 0 Å². The molecule has 0 aliphatic heterocycles. The van der Waals surface area contributed by atoms with Crippen molar-refractivity contribution in [2.24, 2.45) is 0 Å². The molecule has 0 saturated carbocycles. The average Bonchev–Trinajstić information content (AvgIpc) is 3.84. The maximum absolute atomic E-state index is 9.35. The second-order valence-electron chi connectivity index (χ2n) is 14.9. The molecule has 3 aromatic heterocycles. The van der Waals surface area contributed by atoms with E-state index in [9.17, 15) is 10.5 Å². The fourth-order valence-electron chi connectivity index (χ4n) is 8.50. The van der Waals surface area contributed by atoms with E-state index in [0.717, 1.165) is 61.6 Å². The van der Waals surface area contributed by atoms with Crippen molar-refractivity contribution in [3.63, 3.8) is 0 Å². The van der Waals surface area contributed by atoms with Crippen molar-refractivity contribution in [3.05, 3.63) is 205 Å². The van der Waals surface area contributed by atoms with Crippen molar-refractivity contribution in [1.29, 1.82) is 10.5 Å². The summed E-state index contributed by atoms with van der Waals surface area (Å²) in [5.41, 5.74) is 14.5. The number of hydrogen-bond donors (Lipinski definition) is 0. The van der Waals surface area contributed by atoms with Gasteiger partial charge in [0.05, 0.1) is 56.7 Å². The Kier molecular flexibility index (Phi) is 8.15. The fraction of sp³-hybridized carbons (Fsp3) is 0. The topological polar surface area (TPSA) is 83.2 Å². The lowest BCUT2D eigenvalue weighted by Crippen LogP contribution is -1.96. The van der Waals surface area contributed by atoms with Gasteiger partial charge in [0.25, 0.3) is 0 Å². The number of fused-ring (bicyclic) bond motifs is 6. The number of rotatable bonds is 6. The summed E-state index contributed by atoms with van der Waals surface area (Å²) >= 11 is 0. The van der Waals surface area contributed by atoms with Gasteiger partial charge in [-0.05, 0) is 102 Å².